The van der Waals surface area contributed by atoms with Gasteiger partial charge in [0.15, 0.2) is 0 Å². The lowest BCUT2D eigenvalue weighted by Gasteiger charge is -2.28. The van der Waals surface area contributed by atoms with E-state index in [-0.39, 0.29) is 36.1 Å². The van der Waals surface area contributed by atoms with Gasteiger partial charge in [0.1, 0.15) is 24.5 Å². The summed E-state index contributed by atoms with van der Waals surface area (Å²) in [7, 11) is 0. The van der Waals surface area contributed by atoms with Crippen molar-refractivity contribution in [1.29, 1.82) is 0 Å². The smallest absolute Gasteiger partial charge is 0.338 e. The maximum Gasteiger partial charge on any atom is 0.338 e. The molecule has 0 saturated carbocycles. The Hall–Kier alpha value is -4.08. The molecule has 1 unspecified atom stereocenters. The molecule has 2 atom stereocenters. The normalized spacial score (nSPS) is 16.2. The van der Waals surface area contributed by atoms with Gasteiger partial charge in [0.05, 0.1) is 30.6 Å². The van der Waals surface area contributed by atoms with Crippen LogP contribution in [0.4, 0.5) is 4.79 Å². The summed E-state index contributed by atoms with van der Waals surface area (Å²) in [6.07, 6.45) is 1.53. The highest BCUT2D eigenvalue weighted by Gasteiger charge is 2.36. The van der Waals surface area contributed by atoms with Gasteiger partial charge in [0.2, 0.25) is 5.91 Å². The molecule has 0 fully saturated rings. The Kier molecular flexibility index (Phi) is 8.66. The van der Waals surface area contributed by atoms with Crippen LogP contribution in [0.3, 0.4) is 0 Å². The molecule has 10 nitrogen and oxygen atoms in total. The minimum absolute atomic E-state index is 0.0587. The van der Waals surface area contributed by atoms with Gasteiger partial charge in [0.25, 0.3) is 0 Å². The van der Waals surface area contributed by atoms with E-state index < -0.39 is 36.7 Å². The Morgan fingerprint density at radius 2 is 1.83 bits per heavy atom. The van der Waals surface area contributed by atoms with Crippen LogP contribution in [-0.2, 0) is 30.3 Å². The van der Waals surface area contributed by atoms with Gasteiger partial charge in [-0.25, -0.2) is 14.4 Å². The van der Waals surface area contributed by atoms with E-state index in [9.17, 15) is 19.2 Å². The average Bonchev–Trinajstić information content (AvgIpc) is 3.36. The van der Waals surface area contributed by atoms with Crippen molar-refractivity contribution in [3.8, 4) is 0 Å². The lowest BCUT2D eigenvalue weighted by atomic mass is 10.0. The summed E-state index contributed by atoms with van der Waals surface area (Å²) in [5.41, 5.74) is 0.940. The average molecular weight is 484 g/mol. The zero-order valence-corrected chi connectivity index (χ0v) is 19.8. The fourth-order valence-electron chi connectivity index (χ4n) is 3.59. The van der Waals surface area contributed by atoms with Crippen molar-refractivity contribution in [2.75, 3.05) is 13.2 Å². The highest BCUT2D eigenvalue weighted by Crippen LogP contribution is 2.28. The number of ether oxygens (including phenoxy) is 2. The van der Waals surface area contributed by atoms with Gasteiger partial charge in [-0.15, -0.1) is 0 Å². The highest BCUT2D eigenvalue weighted by molar-refractivity contribution is 5.95. The molecule has 3 N–H and O–H groups in total. The summed E-state index contributed by atoms with van der Waals surface area (Å²) in [5, 5.41) is 7.84. The molecule has 1 aliphatic heterocycles. The van der Waals surface area contributed by atoms with Gasteiger partial charge in [0, 0.05) is 0 Å². The van der Waals surface area contributed by atoms with Gasteiger partial charge < -0.3 is 29.8 Å². The fraction of sp³-hybridized carbons (Fsp3) is 0.360. The molecule has 0 saturated heterocycles. The Morgan fingerprint density at radius 3 is 2.46 bits per heavy atom. The second-order valence-corrected chi connectivity index (χ2v) is 8.22. The van der Waals surface area contributed by atoms with Crippen molar-refractivity contribution in [3.63, 3.8) is 0 Å². The van der Waals surface area contributed by atoms with Crippen LogP contribution < -0.4 is 16.0 Å². The van der Waals surface area contributed by atoms with E-state index in [0.29, 0.717) is 5.76 Å². The summed E-state index contributed by atoms with van der Waals surface area (Å²) < 4.78 is 16.0. The molecule has 3 amide bonds. The van der Waals surface area contributed by atoms with Crippen LogP contribution in [0.25, 0.3) is 0 Å². The molecule has 10 heteroatoms. The molecule has 186 valence electrons. The van der Waals surface area contributed by atoms with Crippen molar-refractivity contribution in [1.82, 2.24) is 16.0 Å². The van der Waals surface area contributed by atoms with E-state index in [1.807, 2.05) is 30.3 Å². The van der Waals surface area contributed by atoms with Crippen LogP contribution in [0.2, 0.25) is 0 Å². The number of urea groups is 1. The van der Waals surface area contributed by atoms with E-state index in [0.717, 1.165) is 5.56 Å². The van der Waals surface area contributed by atoms with E-state index in [1.165, 1.54) is 6.26 Å². The van der Waals surface area contributed by atoms with Crippen LogP contribution in [0, 0.1) is 5.92 Å². The molecule has 0 aliphatic carbocycles. The summed E-state index contributed by atoms with van der Waals surface area (Å²) in [4.78, 5) is 50.4. The standard InChI is InChI=1S/C25H29N3O7/c1-4-33-23(30)20-17(26-25(32)28-22(20)18-11-8-12-34-18)14-35-24(31)21(15(2)3)27-19(29)13-16-9-6-5-7-10-16/h5-12,15,21-22H,4,13-14H2,1-3H3,(H,27,29)(H2,26,28,32)/t21-,22?/m0/s1. The number of amides is 3. The number of benzene rings is 1. The van der Waals surface area contributed by atoms with E-state index in [1.54, 1.807) is 32.9 Å². The predicted octanol–water partition coefficient (Wildman–Crippen LogP) is 2.38. The second kappa shape index (κ2) is 11.9. The first-order valence-corrected chi connectivity index (χ1v) is 11.3. The number of esters is 2. The number of carbonyl (C=O) groups excluding carboxylic acids is 4. The third kappa shape index (κ3) is 6.72. The number of nitrogens with one attached hydrogen (secondary N) is 3. The van der Waals surface area contributed by atoms with E-state index >= 15 is 0 Å². The molecule has 0 bridgehead atoms. The number of carbonyl (C=O) groups is 4. The SMILES string of the molecule is CCOC(=O)C1=C(COC(=O)[C@@H](NC(=O)Cc2ccccc2)C(C)C)NC(=O)NC1c1ccco1. The first kappa shape index (κ1) is 25.5. The first-order valence-electron chi connectivity index (χ1n) is 11.3. The quantitative estimate of drug-likeness (QED) is 0.442. The molecular formula is C25H29N3O7. The maximum absolute atomic E-state index is 12.9. The van der Waals surface area contributed by atoms with Crippen LogP contribution in [0.5, 0.6) is 0 Å². The van der Waals surface area contributed by atoms with E-state index in [4.69, 9.17) is 13.9 Å². The molecule has 2 heterocycles. The molecule has 3 rings (SSSR count). The van der Waals surface area contributed by atoms with Gasteiger partial charge in [-0.2, -0.15) is 0 Å². The van der Waals surface area contributed by atoms with Crippen LogP contribution in [0.15, 0.2) is 64.4 Å². The first-order chi connectivity index (χ1) is 16.8. The number of hydrogen-bond donors (Lipinski definition) is 3. The van der Waals surface area contributed by atoms with Crippen molar-refractivity contribution >= 4 is 23.9 Å². The topological polar surface area (TPSA) is 136 Å². The number of furan rings is 1. The van der Waals surface area contributed by atoms with Crippen molar-refractivity contribution in [2.24, 2.45) is 5.92 Å². The van der Waals surface area contributed by atoms with E-state index in [2.05, 4.69) is 16.0 Å². The zero-order valence-electron chi connectivity index (χ0n) is 19.8. The monoisotopic (exact) mass is 483 g/mol. The minimum atomic E-state index is -0.920. The third-order valence-electron chi connectivity index (χ3n) is 5.28. The van der Waals surface area contributed by atoms with Crippen molar-refractivity contribution < 1.29 is 33.1 Å². The molecule has 1 aliphatic rings. The Balaban J connectivity index is 1.75. The zero-order chi connectivity index (χ0) is 25.4. The number of hydrogen-bond acceptors (Lipinski definition) is 7. The molecule has 35 heavy (non-hydrogen) atoms. The molecule has 1 aromatic carbocycles. The largest absolute Gasteiger partial charge is 0.467 e. The summed E-state index contributed by atoms with van der Waals surface area (Å²) in [6, 6.07) is 9.95. The third-order valence-corrected chi connectivity index (χ3v) is 5.28. The Bertz CT molecular complexity index is 1080. The van der Waals surface area contributed by atoms with Gasteiger partial charge in [-0.05, 0) is 30.5 Å². The van der Waals surface area contributed by atoms with Crippen LogP contribution >= 0.6 is 0 Å². The van der Waals surface area contributed by atoms with Gasteiger partial charge in [-0.1, -0.05) is 44.2 Å². The lowest BCUT2D eigenvalue weighted by molar-refractivity contribution is -0.148. The lowest BCUT2D eigenvalue weighted by Crippen LogP contribution is -2.48. The molecule has 0 radical (unpaired) electrons. The number of rotatable bonds is 10. The molecular weight excluding hydrogens is 454 g/mol. The second-order valence-electron chi connectivity index (χ2n) is 8.22. The molecule has 1 aromatic heterocycles. The fourth-order valence-corrected chi connectivity index (χ4v) is 3.59. The van der Waals surface area contributed by atoms with Gasteiger partial charge >= 0.3 is 18.0 Å². The Morgan fingerprint density at radius 1 is 1.09 bits per heavy atom. The summed E-state index contributed by atoms with van der Waals surface area (Å²) in [5.74, 6) is -1.66. The van der Waals surface area contributed by atoms with Crippen molar-refractivity contribution in [3.05, 3.63) is 71.3 Å². The maximum atomic E-state index is 12.9. The summed E-state index contributed by atoms with van der Waals surface area (Å²) in [6.45, 7) is 4.90. The van der Waals surface area contributed by atoms with Crippen LogP contribution in [-0.4, -0.2) is 43.1 Å². The van der Waals surface area contributed by atoms with Crippen molar-refractivity contribution in [2.45, 2.75) is 39.3 Å². The minimum Gasteiger partial charge on any atom is -0.467 e. The Labute approximate surface area is 203 Å². The molecule has 0 spiro atoms. The highest BCUT2D eigenvalue weighted by atomic mass is 16.5. The van der Waals surface area contributed by atoms with Crippen LogP contribution in [0.1, 0.15) is 38.1 Å². The van der Waals surface area contributed by atoms with Gasteiger partial charge in [-0.3, -0.25) is 4.79 Å². The molecule has 2 aromatic rings. The summed E-state index contributed by atoms with van der Waals surface area (Å²) >= 11 is 0. The predicted molar refractivity (Wildman–Crippen MR) is 125 cm³/mol.